The molecule has 0 radical (unpaired) electrons. The Morgan fingerprint density at radius 2 is 1.86 bits per heavy atom. The monoisotopic (exact) mass is 330 g/mol. The van der Waals surface area contributed by atoms with Crippen LogP contribution in [0.2, 0.25) is 10.0 Å². The van der Waals surface area contributed by atoms with E-state index in [4.69, 9.17) is 27.7 Å². The Bertz CT molecular complexity index is 977. The van der Waals surface area contributed by atoms with Gasteiger partial charge in [0, 0.05) is 24.2 Å². The maximum absolute atomic E-state index is 6.30. The number of aromatic amines is 1. The van der Waals surface area contributed by atoms with Gasteiger partial charge in [-0.1, -0.05) is 40.5 Å². The fourth-order valence-corrected chi connectivity index (χ4v) is 2.76. The van der Waals surface area contributed by atoms with Crippen molar-refractivity contribution in [3.8, 4) is 22.5 Å². The fraction of sp³-hybridized carbons (Fsp3) is 0. The number of aromatic nitrogens is 4. The van der Waals surface area contributed by atoms with E-state index in [0.717, 1.165) is 16.7 Å². The number of rotatable bonds is 2. The van der Waals surface area contributed by atoms with Crippen LogP contribution in [0.4, 0.5) is 0 Å². The van der Waals surface area contributed by atoms with Crippen LogP contribution in [0.1, 0.15) is 0 Å². The largest absolute Gasteiger partial charge is 0.355 e. The molecular weight excluding hydrogens is 323 g/mol. The third-order valence-electron chi connectivity index (χ3n) is 3.36. The normalized spacial score (nSPS) is 11.2. The first-order valence-electron chi connectivity index (χ1n) is 6.43. The number of nitrogens with zero attached hydrogens (tertiary/aromatic N) is 3. The van der Waals surface area contributed by atoms with E-state index in [1.807, 2.05) is 12.1 Å². The van der Waals surface area contributed by atoms with Crippen LogP contribution in [0, 0.1) is 0 Å². The fourth-order valence-electron chi connectivity index (χ4n) is 2.36. The van der Waals surface area contributed by atoms with E-state index in [1.54, 1.807) is 30.9 Å². The van der Waals surface area contributed by atoms with Gasteiger partial charge < -0.3 is 9.51 Å². The Balaban J connectivity index is 1.96. The van der Waals surface area contributed by atoms with Gasteiger partial charge >= 0.3 is 0 Å². The lowest BCUT2D eigenvalue weighted by atomic mass is 10.0. The molecule has 1 aromatic carbocycles. The first-order valence-corrected chi connectivity index (χ1v) is 7.19. The van der Waals surface area contributed by atoms with Crippen LogP contribution in [0.5, 0.6) is 0 Å². The van der Waals surface area contributed by atoms with Crippen LogP contribution in [-0.4, -0.2) is 20.1 Å². The summed E-state index contributed by atoms with van der Waals surface area (Å²) in [6.07, 6.45) is 6.65. The number of H-pyrrole nitrogens is 1. The second-order valence-electron chi connectivity index (χ2n) is 4.63. The summed E-state index contributed by atoms with van der Waals surface area (Å²) in [5.74, 6) is 0.566. The Labute approximate surface area is 134 Å². The van der Waals surface area contributed by atoms with Gasteiger partial charge in [-0.2, -0.15) is 0 Å². The molecule has 0 saturated heterocycles. The smallest absolute Gasteiger partial charge is 0.178 e. The average Bonchev–Trinajstić information content (AvgIpc) is 3.16. The summed E-state index contributed by atoms with van der Waals surface area (Å²) in [6, 6.07) is 5.43. The molecule has 0 unspecified atom stereocenters. The van der Waals surface area contributed by atoms with Crippen molar-refractivity contribution in [1.29, 1.82) is 0 Å². The lowest BCUT2D eigenvalue weighted by Gasteiger charge is -2.04. The molecule has 108 valence electrons. The molecule has 7 heteroatoms. The number of hydrogen-bond donors (Lipinski definition) is 1. The molecule has 0 saturated carbocycles. The highest BCUT2D eigenvalue weighted by Crippen LogP contribution is 2.40. The van der Waals surface area contributed by atoms with Crippen LogP contribution in [0.15, 0.2) is 47.5 Å². The van der Waals surface area contributed by atoms with Crippen LogP contribution in [0.3, 0.4) is 0 Å². The predicted octanol–water partition coefficient (Wildman–Crippen LogP) is 4.59. The molecule has 4 rings (SSSR count). The SMILES string of the molecule is Clc1cccc(-c2cnoc2-c2c[nH]c3nccnc23)c1Cl. The highest BCUT2D eigenvalue weighted by atomic mass is 35.5. The number of benzene rings is 1. The van der Waals surface area contributed by atoms with Crippen molar-refractivity contribution < 1.29 is 4.52 Å². The van der Waals surface area contributed by atoms with E-state index in [2.05, 4.69) is 20.1 Å². The van der Waals surface area contributed by atoms with E-state index in [-0.39, 0.29) is 0 Å². The molecule has 1 N–H and O–H groups in total. The minimum Gasteiger partial charge on any atom is -0.355 e. The molecule has 0 aliphatic rings. The summed E-state index contributed by atoms with van der Waals surface area (Å²) in [5, 5.41) is 4.83. The molecule has 0 atom stereocenters. The minimum atomic E-state index is 0.458. The Kier molecular flexibility index (Phi) is 3.10. The molecule has 0 aliphatic carbocycles. The summed E-state index contributed by atoms with van der Waals surface area (Å²) < 4.78 is 5.43. The minimum absolute atomic E-state index is 0.458. The molecule has 0 amide bonds. The third kappa shape index (κ3) is 1.98. The van der Waals surface area contributed by atoms with Gasteiger partial charge in [0.2, 0.25) is 0 Å². The zero-order valence-electron chi connectivity index (χ0n) is 11.0. The van der Waals surface area contributed by atoms with Gasteiger partial charge in [-0.3, -0.25) is 4.98 Å². The van der Waals surface area contributed by atoms with Crippen LogP contribution in [0.25, 0.3) is 33.6 Å². The van der Waals surface area contributed by atoms with Gasteiger partial charge in [0.15, 0.2) is 11.4 Å². The van der Waals surface area contributed by atoms with E-state index < -0.39 is 0 Å². The summed E-state index contributed by atoms with van der Waals surface area (Å²) in [5.41, 5.74) is 3.66. The van der Waals surface area contributed by atoms with E-state index in [0.29, 0.717) is 27.0 Å². The summed E-state index contributed by atoms with van der Waals surface area (Å²) in [6.45, 7) is 0. The molecule has 0 bridgehead atoms. The quantitative estimate of drug-likeness (QED) is 0.583. The van der Waals surface area contributed by atoms with Gasteiger partial charge in [0.05, 0.1) is 27.4 Å². The summed E-state index contributed by atoms with van der Waals surface area (Å²) >= 11 is 12.4. The molecule has 5 nitrogen and oxygen atoms in total. The highest BCUT2D eigenvalue weighted by molar-refractivity contribution is 6.43. The lowest BCUT2D eigenvalue weighted by Crippen LogP contribution is -1.83. The molecule has 4 aromatic rings. The number of hydrogen-bond acceptors (Lipinski definition) is 4. The Morgan fingerprint density at radius 1 is 1.00 bits per heavy atom. The second kappa shape index (κ2) is 5.12. The number of halogens is 2. The standard InChI is InChI=1S/C15H8Cl2N4O/c16-11-3-1-2-8(12(11)17)9-7-21-22-14(9)10-6-20-15-13(10)18-4-5-19-15/h1-7H,(H,19,20). The molecule has 0 spiro atoms. The molecule has 22 heavy (non-hydrogen) atoms. The van der Waals surface area contributed by atoms with Gasteiger partial charge in [0.25, 0.3) is 0 Å². The molecule has 0 aliphatic heterocycles. The van der Waals surface area contributed by atoms with E-state index in [9.17, 15) is 0 Å². The third-order valence-corrected chi connectivity index (χ3v) is 4.18. The van der Waals surface area contributed by atoms with Crippen molar-refractivity contribution in [2.45, 2.75) is 0 Å². The van der Waals surface area contributed by atoms with Gasteiger partial charge in [0.1, 0.15) is 5.52 Å². The van der Waals surface area contributed by atoms with E-state index in [1.165, 1.54) is 0 Å². The van der Waals surface area contributed by atoms with Gasteiger partial charge in [-0.15, -0.1) is 0 Å². The van der Waals surface area contributed by atoms with Gasteiger partial charge in [-0.25, -0.2) is 4.98 Å². The first kappa shape index (κ1) is 13.3. The van der Waals surface area contributed by atoms with Crippen molar-refractivity contribution >= 4 is 34.4 Å². The maximum Gasteiger partial charge on any atom is 0.178 e. The average molecular weight is 331 g/mol. The molecule has 0 fully saturated rings. The van der Waals surface area contributed by atoms with Crippen molar-refractivity contribution in [3.63, 3.8) is 0 Å². The highest BCUT2D eigenvalue weighted by Gasteiger charge is 2.20. The topological polar surface area (TPSA) is 67.6 Å². The molecular formula is C15H8Cl2N4O. The van der Waals surface area contributed by atoms with Crippen molar-refractivity contribution in [2.75, 3.05) is 0 Å². The second-order valence-corrected chi connectivity index (χ2v) is 5.41. The lowest BCUT2D eigenvalue weighted by molar-refractivity contribution is 0.433. The number of fused-ring (bicyclic) bond motifs is 1. The molecule has 3 aromatic heterocycles. The zero-order valence-corrected chi connectivity index (χ0v) is 12.6. The predicted molar refractivity (Wildman–Crippen MR) is 84.8 cm³/mol. The first-order chi connectivity index (χ1) is 10.8. The van der Waals surface area contributed by atoms with Gasteiger partial charge in [-0.05, 0) is 6.07 Å². The maximum atomic E-state index is 6.30. The Hall–Kier alpha value is -2.37. The van der Waals surface area contributed by atoms with Crippen molar-refractivity contribution in [2.24, 2.45) is 0 Å². The van der Waals surface area contributed by atoms with Crippen LogP contribution in [-0.2, 0) is 0 Å². The zero-order chi connectivity index (χ0) is 15.1. The Morgan fingerprint density at radius 3 is 2.77 bits per heavy atom. The number of nitrogens with one attached hydrogen (secondary N) is 1. The van der Waals surface area contributed by atoms with Crippen molar-refractivity contribution in [3.05, 3.63) is 53.0 Å². The summed E-state index contributed by atoms with van der Waals surface area (Å²) in [4.78, 5) is 11.6. The summed E-state index contributed by atoms with van der Waals surface area (Å²) in [7, 11) is 0. The molecule has 3 heterocycles. The van der Waals surface area contributed by atoms with Crippen LogP contribution < -0.4 is 0 Å². The van der Waals surface area contributed by atoms with Crippen LogP contribution >= 0.6 is 23.2 Å². The van der Waals surface area contributed by atoms with Crippen molar-refractivity contribution in [1.82, 2.24) is 20.1 Å². The van der Waals surface area contributed by atoms with E-state index >= 15 is 0 Å².